The minimum Gasteiger partial charge on any atom is -0.481 e. The topological polar surface area (TPSA) is 96.9 Å². The van der Waals surface area contributed by atoms with Gasteiger partial charge in [-0.1, -0.05) is 22.8 Å². The second-order valence-corrected chi connectivity index (χ2v) is 5.25. The van der Waals surface area contributed by atoms with Crippen molar-refractivity contribution in [3.8, 4) is 5.75 Å². The van der Waals surface area contributed by atoms with Gasteiger partial charge in [-0.2, -0.15) is 0 Å². The van der Waals surface area contributed by atoms with Crippen molar-refractivity contribution in [2.45, 2.75) is 32.4 Å². The molecule has 0 spiro atoms. The van der Waals surface area contributed by atoms with Gasteiger partial charge in [0, 0.05) is 5.02 Å². The van der Waals surface area contributed by atoms with Crippen molar-refractivity contribution in [1.29, 1.82) is 0 Å². The van der Waals surface area contributed by atoms with Gasteiger partial charge in [-0.25, -0.2) is 0 Å². The highest BCUT2D eigenvalue weighted by Crippen LogP contribution is 2.18. The minimum atomic E-state index is -0.974. The van der Waals surface area contributed by atoms with Gasteiger partial charge in [0.05, 0.1) is 5.54 Å². The third kappa shape index (κ3) is 4.31. The lowest BCUT2D eigenvalue weighted by atomic mass is 10.0. The molecule has 0 fully saturated rings. The van der Waals surface area contributed by atoms with Crippen LogP contribution < -0.4 is 15.8 Å². The number of amidine groups is 1. The molecule has 0 heterocycles. The number of oxime groups is 1. The number of nitrogens with zero attached hydrogens (tertiary/aromatic N) is 1. The number of carbonyl (C=O) groups is 1. The number of benzene rings is 1. The quantitative estimate of drug-likeness (QED) is 0.334. The van der Waals surface area contributed by atoms with Crippen LogP contribution in [-0.2, 0) is 4.79 Å². The maximum atomic E-state index is 12.0. The summed E-state index contributed by atoms with van der Waals surface area (Å²) in [5, 5.41) is 14.7. The van der Waals surface area contributed by atoms with Crippen molar-refractivity contribution in [2.75, 3.05) is 0 Å². The Kier molecular flexibility index (Phi) is 5.21. The summed E-state index contributed by atoms with van der Waals surface area (Å²) in [7, 11) is 0. The van der Waals surface area contributed by atoms with E-state index in [-0.39, 0.29) is 11.7 Å². The lowest BCUT2D eigenvalue weighted by molar-refractivity contribution is -0.128. The van der Waals surface area contributed by atoms with Crippen LogP contribution in [0.5, 0.6) is 5.75 Å². The summed E-state index contributed by atoms with van der Waals surface area (Å²) in [6.07, 6.45) is -0.751. The van der Waals surface area contributed by atoms with E-state index in [0.717, 1.165) is 0 Å². The molecule has 110 valence electrons. The first-order valence-electron chi connectivity index (χ1n) is 5.98. The third-order valence-electron chi connectivity index (χ3n) is 2.66. The van der Waals surface area contributed by atoms with Gasteiger partial charge in [0.2, 0.25) is 0 Å². The fraction of sp³-hybridized carbons (Fsp3) is 0.385. The van der Waals surface area contributed by atoms with Crippen molar-refractivity contribution in [2.24, 2.45) is 10.9 Å². The van der Waals surface area contributed by atoms with E-state index in [4.69, 9.17) is 27.3 Å². The molecule has 0 bridgehead atoms. The highest BCUT2D eigenvalue weighted by molar-refractivity contribution is 6.30. The monoisotopic (exact) mass is 299 g/mol. The summed E-state index contributed by atoms with van der Waals surface area (Å²) >= 11 is 5.83. The molecule has 1 amide bonds. The molecule has 6 nitrogen and oxygen atoms in total. The van der Waals surface area contributed by atoms with Crippen LogP contribution in [0.1, 0.15) is 20.8 Å². The lowest BCUT2D eigenvalue weighted by Crippen LogP contribution is -2.55. The predicted molar refractivity (Wildman–Crippen MR) is 77.2 cm³/mol. The van der Waals surface area contributed by atoms with Crippen molar-refractivity contribution in [3.05, 3.63) is 29.3 Å². The Morgan fingerprint density at radius 1 is 1.55 bits per heavy atom. The van der Waals surface area contributed by atoms with Gasteiger partial charge < -0.3 is 21.0 Å². The summed E-state index contributed by atoms with van der Waals surface area (Å²) in [6, 6.07) is 6.74. The molecule has 0 aliphatic heterocycles. The number of hydrogen-bond donors (Lipinski definition) is 3. The van der Waals surface area contributed by atoms with Gasteiger partial charge >= 0.3 is 0 Å². The zero-order chi connectivity index (χ0) is 15.3. The lowest BCUT2D eigenvalue weighted by Gasteiger charge is -2.26. The molecule has 0 aliphatic carbocycles. The van der Waals surface area contributed by atoms with E-state index in [9.17, 15) is 4.79 Å². The predicted octanol–water partition coefficient (Wildman–Crippen LogP) is 1.75. The van der Waals surface area contributed by atoms with Crippen LogP contribution in [0.2, 0.25) is 5.02 Å². The summed E-state index contributed by atoms with van der Waals surface area (Å²) in [4.78, 5) is 12.0. The Labute approximate surface area is 122 Å². The molecule has 4 N–H and O–H groups in total. The van der Waals surface area contributed by atoms with Crippen LogP contribution in [0.25, 0.3) is 0 Å². The molecule has 0 aliphatic rings. The van der Waals surface area contributed by atoms with E-state index < -0.39 is 11.6 Å². The summed E-state index contributed by atoms with van der Waals surface area (Å²) in [5.41, 5.74) is 4.52. The first-order chi connectivity index (χ1) is 9.26. The molecule has 7 heteroatoms. The van der Waals surface area contributed by atoms with Crippen molar-refractivity contribution in [1.82, 2.24) is 5.32 Å². The maximum Gasteiger partial charge on any atom is 0.261 e. The Morgan fingerprint density at radius 2 is 2.20 bits per heavy atom. The van der Waals surface area contributed by atoms with Gasteiger partial charge in [-0.3, -0.25) is 4.79 Å². The number of rotatable bonds is 5. The molecule has 0 saturated carbocycles. The van der Waals surface area contributed by atoms with E-state index in [0.29, 0.717) is 10.8 Å². The highest BCUT2D eigenvalue weighted by Gasteiger charge is 2.28. The van der Waals surface area contributed by atoms with Gasteiger partial charge in [-0.05, 0) is 39.0 Å². The second-order valence-electron chi connectivity index (χ2n) is 4.82. The average Bonchev–Trinajstić information content (AvgIpc) is 2.37. The van der Waals surface area contributed by atoms with E-state index in [1.165, 1.54) is 0 Å². The van der Waals surface area contributed by atoms with Crippen molar-refractivity contribution < 1.29 is 14.7 Å². The van der Waals surface area contributed by atoms with Gasteiger partial charge in [0.15, 0.2) is 11.9 Å². The third-order valence-corrected chi connectivity index (χ3v) is 2.90. The highest BCUT2D eigenvalue weighted by atomic mass is 35.5. The molecular formula is C13H18ClN3O3. The average molecular weight is 300 g/mol. The van der Waals surface area contributed by atoms with Crippen LogP contribution in [0, 0.1) is 0 Å². The van der Waals surface area contributed by atoms with Crippen LogP contribution >= 0.6 is 11.6 Å². The molecule has 1 atom stereocenters. The van der Waals surface area contributed by atoms with Crippen LogP contribution in [0.3, 0.4) is 0 Å². The number of ether oxygens (including phenoxy) is 1. The first-order valence-corrected chi connectivity index (χ1v) is 6.36. The smallest absolute Gasteiger partial charge is 0.261 e. The number of carbonyl (C=O) groups excluding carboxylic acids is 1. The van der Waals surface area contributed by atoms with Crippen LogP contribution in [-0.4, -0.2) is 28.6 Å². The van der Waals surface area contributed by atoms with E-state index in [1.54, 1.807) is 45.0 Å². The van der Waals surface area contributed by atoms with Gasteiger partial charge in [-0.15, -0.1) is 0 Å². The zero-order valence-electron chi connectivity index (χ0n) is 11.6. The molecule has 0 aromatic heterocycles. The number of nitrogens with two attached hydrogens (primary N) is 1. The summed E-state index contributed by atoms with van der Waals surface area (Å²) in [5.74, 6) is 0.00383. The zero-order valence-corrected chi connectivity index (χ0v) is 12.3. The molecular weight excluding hydrogens is 282 g/mol. The summed E-state index contributed by atoms with van der Waals surface area (Å²) < 4.78 is 5.48. The molecule has 1 aromatic carbocycles. The van der Waals surface area contributed by atoms with Crippen molar-refractivity contribution >= 4 is 23.3 Å². The molecule has 0 saturated heterocycles. The van der Waals surface area contributed by atoms with Crippen LogP contribution in [0.15, 0.2) is 29.4 Å². The van der Waals surface area contributed by atoms with Crippen molar-refractivity contribution in [3.63, 3.8) is 0 Å². The SMILES string of the molecule is CC(Oc1cccc(Cl)c1)C(=O)NC(C)(C)C(N)=NO. The second kappa shape index (κ2) is 6.47. The fourth-order valence-electron chi connectivity index (χ4n) is 1.40. The number of hydrogen-bond acceptors (Lipinski definition) is 4. The Balaban J connectivity index is 2.68. The largest absolute Gasteiger partial charge is 0.481 e. The normalized spacial score (nSPS) is 13.7. The summed E-state index contributed by atoms with van der Waals surface area (Å²) in [6.45, 7) is 4.83. The Morgan fingerprint density at radius 3 is 2.75 bits per heavy atom. The fourth-order valence-corrected chi connectivity index (χ4v) is 1.58. The molecule has 1 rings (SSSR count). The van der Waals surface area contributed by atoms with E-state index in [2.05, 4.69) is 10.5 Å². The molecule has 0 radical (unpaired) electrons. The maximum absolute atomic E-state index is 12.0. The number of halogens is 1. The van der Waals surface area contributed by atoms with E-state index in [1.807, 2.05) is 0 Å². The standard InChI is InChI=1S/C13H18ClN3O3/c1-8(20-10-6-4-5-9(14)7-10)11(18)16-13(2,3)12(15)17-19/h4-8,19H,1-3H3,(H2,15,17)(H,16,18). The minimum absolute atomic E-state index is 0.0965. The number of nitrogens with one attached hydrogen (secondary N) is 1. The van der Waals surface area contributed by atoms with Gasteiger partial charge in [0.25, 0.3) is 5.91 Å². The molecule has 1 aromatic rings. The van der Waals surface area contributed by atoms with Gasteiger partial charge in [0.1, 0.15) is 5.75 Å². The number of amides is 1. The molecule has 20 heavy (non-hydrogen) atoms. The van der Waals surface area contributed by atoms with E-state index >= 15 is 0 Å². The van der Waals surface area contributed by atoms with Crippen LogP contribution in [0.4, 0.5) is 0 Å². The Bertz CT molecular complexity index is 517. The first kappa shape index (κ1) is 16.1. The Hall–Kier alpha value is -1.95. The molecule has 1 unspecified atom stereocenters.